The number of aryl methyl sites for hydroxylation is 1. The molecule has 1 saturated carbocycles. The van der Waals surface area contributed by atoms with Crippen LogP contribution in [0.5, 0.6) is 0 Å². The molecule has 25 heavy (non-hydrogen) atoms. The average molecular weight is 338 g/mol. The summed E-state index contributed by atoms with van der Waals surface area (Å²) >= 11 is 0. The van der Waals surface area contributed by atoms with Crippen molar-refractivity contribution < 1.29 is 4.79 Å². The number of nitrogens with one attached hydrogen (secondary N) is 1. The van der Waals surface area contributed by atoms with Crippen LogP contribution in [0.3, 0.4) is 0 Å². The molecule has 0 atom stereocenters. The van der Waals surface area contributed by atoms with Crippen molar-refractivity contribution >= 4 is 17.4 Å². The summed E-state index contributed by atoms with van der Waals surface area (Å²) in [5.41, 5.74) is 1.32. The van der Waals surface area contributed by atoms with Crippen LogP contribution in [0, 0.1) is 6.92 Å². The summed E-state index contributed by atoms with van der Waals surface area (Å²) in [7, 11) is 0. The number of benzene rings is 1. The Labute approximate surface area is 149 Å². The van der Waals surface area contributed by atoms with Crippen molar-refractivity contribution in [1.29, 1.82) is 0 Å². The van der Waals surface area contributed by atoms with Gasteiger partial charge in [-0.15, -0.1) is 0 Å². The zero-order valence-electron chi connectivity index (χ0n) is 15.0. The van der Waals surface area contributed by atoms with Gasteiger partial charge in [-0.1, -0.05) is 37.5 Å². The van der Waals surface area contributed by atoms with Crippen LogP contribution in [0.25, 0.3) is 0 Å². The van der Waals surface area contributed by atoms with Crippen LogP contribution < -0.4 is 10.2 Å². The van der Waals surface area contributed by atoms with Crippen molar-refractivity contribution in [1.82, 2.24) is 9.97 Å². The number of para-hydroxylation sites is 1. The number of carbonyl (C=O) groups is 1. The van der Waals surface area contributed by atoms with Crippen LogP contribution in [0.1, 0.15) is 55.3 Å². The third kappa shape index (κ3) is 4.35. The van der Waals surface area contributed by atoms with E-state index in [1.165, 1.54) is 19.3 Å². The molecule has 1 aliphatic rings. The van der Waals surface area contributed by atoms with Gasteiger partial charge >= 0.3 is 0 Å². The number of anilines is 2. The largest absolute Gasteiger partial charge is 0.367 e. The molecule has 0 aliphatic heterocycles. The van der Waals surface area contributed by atoms with Gasteiger partial charge in [0.15, 0.2) is 0 Å². The third-order valence-corrected chi connectivity index (χ3v) is 4.64. The zero-order chi connectivity index (χ0) is 17.6. The van der Waals surface area contributed by atoms with E-state index < -0.39 is 0 Å². The first-order valence-corrected chi connectivity index (χ1v) is 9.16. The number of hydrogen-bond donors (Lipinski definition) is 1. The maximum Gasteiger partial charge on any atom is 0.277 e. The van der Waals surface area contributed by atoms with Gasteiger partial charge in [-0.05, 0) is 38.8 Å². The van der Waals surface area contributed by atoms with Crippen molar-refractivity contribution in [3.05, 3.63) is 47.9 Å². The number of nitrogens with zero attached hydrogens (tertiary/aromatic N) is 3. The number of rotatable bonds is 5. The second-order valence-corrected chi connectivity index (χ2v) is 6.55. The van der Waals surface area contributed by atoms with E-state index in [0.29, 0.717) is 24.1 Å². The van der Waals surface area contributed by atoms with Gasteiger partial charge in [-0.3, -0.25) is 4.79 Å². The molecule has 0 unspecified atom stereocenters. The number of carbonyl (C=O) groups excluding carboxylic acids is 1. The van der Waals surface area contributed by atoms with E-state index in [4.69, 9.17) is 0 Å². The van der Waals surface area contributed by atoms with Crippen molar-refractivity contribution in [2.24, 2.45) is 0 Å². The highest BCUT2D eigenvalue weighted by molar-refractivity contribution is 6.05. The van der Waals surface area contributed by atoms with E-state index in [0.717, 1.165) is 24.3 Å². The normalized spacial score (nSPS) is 15.0. The molecule has 1 aliphatic carbocycles. The molecule has 1 heterocycles. The predicted molar refractivity (Wildman–Crippen MR) is 101 cm³/mol. The first-order valence-electron chi connectivity index (χ1n) is 9.16. The van der Waals surface area contributed by atoms with Crippen molar-refractivity contribution in [2.45, 2.75) is 52.0 Å². The smallest absolute Gasteiger partial charge is 0.277 e. The van der Waals surface area contributed by atoms with Gasteiger partial charge in [0, 0.05) is 24.3 Å². The molecule has 1 fully saturated rings. The van der Waals surface area contributed by atoms with Gasteiger partial charge in [0.1, 0.15) is 17.3 Å². The minimum absolute atomic E-state index is 0.0918. The van der Waals surface area contributed by atoms with Gasteiger partial charge in [0.25, 0.3) is 5.91 Å². The SMILES string of the molecule is CCN(C(=O)c1cc(NC2CCCCC2)nc(C)n1)c1ccccc1. The molecular formula is C20H26N4O. The quantitative estimate of drug-likeness (QED) is 0.888. The summed E-state index contributed by atoms with van der Waals surface area (Å²) in [6.07, 6.45) is 6.15. The first-order chi connectivity index (χ1) is 12.2. The summed E-state index contributed by atoms with van der Waals surface area (Å²) in [5, 5.41) is 3.49. The topological polar surface area (TPSA) is 58.1 Å². The van der Waals surface area contributed by atoms with Crippen LogP contribution in [0.4, 0.5) is 11.5 Å². The van der Waals surface area contributed by atoms with E-state index in [-0.39, 0.29) is 5.91 Å². The number of aromatic nitrogens is 2. The second kappa shape index (κ2) is 8.10. The Morgan fingerprint density at radius 3 is 2.56 bits per heavy atom. The molecule has 1 amide bonds. The summed E-state index contributed by atoms with van der Waals surface area (Å²) in [5.74, 6) is 1.28. The summed E-state index contributed by atoms with van der Waals surface area (Å²) in [6, 6.07) is 11.9. The summed E-state index contributed by atoms with van der Waals surface area (Å²) < 4.78 is 0. The maximum absolute atomic E-state index is 13.0. The van der Waals surface area contributed by atoms with Crippen molar-refractivity contribution in [3.8, 4) is 0 Å². The van der Waals surface area contributed by atoms with E-state index in [1.807, 2.05) is 44.2 Å². The van der Waals surface area contributed by atoms with E-state index in [1.54, 1.807) is 11.0 Å². The molecule has 2 aromatic rings. The number of hydrogen-bond acceptors (Lipinski definition) is 4. The average Bonchev–Trinajstić information content (AvgIpc) is 2.63. The fourth-order valence-electron chi connectivity index (χ4n) is 3.40. The standard InChI is InChI=1S/C20H26N4O/c1-3-24(17-12-8-5-9-13-17)20(25)18-14-19(22-15(2)21-18)23-16-10-6-4-7-11-16/h5,8-9,12-14,16H,3-4,6-7,10-11H2,1-2H3,(H,21,22,23). The Morgan fingerprint density at radius 2 is 1.88 bits per heavy atom. The Hall–Kier alpha value is -2.43. The molecular weight excluding hydrogens is 312 g/mol. The summed E-state index contributed by atoms with van der Waals surface area (Å²) in [4.78, 5) is 23.6. The van der Waals surface area contributed by atoms with Crippen LogP contribution >= 0.6 is 0 Å². The lowest BCUT2D eigenvalue weighted by atomic mass is 9.95. The maximum atomic E-state index is 13.0. The van der Waals surface area contributed by atoms with Crippen LogP contribution in [0.15, 0.2) is 36.4 Å². The Bertz CT molecular complexity index is 711. The van der Waals surface area contributed by atoms with Gasteiger partial charge in [0.2, 0.25) is 0 Å². The van der Waals surface area contributed by atoms with E-state index in [2.05, 4.69) is 15.3 Å². The highest BCUT2D eigenvalue weighted by Crippen LogP contribution is 2.22. The van der Waals surface area contributed by atoms with Gasteiger partial charge in [-0.2, -0.15) is 0 Å². The molecule has 0 saturated heterocycles. The minimum atomic E-state index is -0.0918. The zero-order valence-corrected chi connectivity index (χ0v) is 15.0. The van der Waals surface area contributed by atoms with Crippen molar-refractivity contribution in [2.75, 3.05) is 16.8 Å². The Morgan fingerprint density at radius 1 is 1.16 bits per heavy atom. The minimum Gasteiger partial charge on any atom is -0.367 e. The fourth-order valence-corrected chi connectivity index (χ4v) is 3.40. The van der Waals surface area contributed by atoms with E-state index in [9.17, 15) is 4.79 Å². The fraction of sp³-hybridized carbons (Fsp3) is 0.450. The van der Waals surface area contributed by atoms with Crippen LogP contribution in [-0.2, 0) is 0 Å². The van der Waals surface area contributed by atoms with Gasteiger partial charge < -0.3 is 10.2 Å². The number of amides is 1. The monoisotopic (exact) mass is 338 g/mol. The molecule has 1 N–H and O–H groups in total. The molecule has 0 bridgehead atoms. The lowest BCUT2D eigenvalue weighted by Crippen LogP contribution is -2.32. The molecule has 1 aromatic heterocycles. The highest BCUT2D eigenvalue weighted by atomic mass is 16.2. The van der Waals surface area contributed by atoms with Crippen molar-refractivity contribution in [3.63, 3.8) is 0 Å². The molecule has 5 nitrogen and oxygen atoms in total. The molecule has 1 aromatic carbocycles. The first kappa shape index (κ1) is 17.4. The van der Waals surface area contributed by atoms with E-state index >= 15 is 0 Å². The highest BCUT2D eigenvalue weighted by Gasteiger charge is 2.20. The van der Waals surface area contributed by atoms with Gasteiger partial charge in [0.05, 0.1) is 0 Å². The Balaban J connectivity index is 1.82. The second-order valence-electron chi connectivity index (χ2n) is 6.55. The molecule has 5 heteroatoms. The van der Waals surface area contributed by atoms with Crippen LogP contribution in [-0.4, -0.2) is 28.5 Å². The molecule has 132 valence electrons. The summed E-state index contributed by atoms with van der Waals surface area (Å²) in [6.45, 7) is 4.40. The van der Waals surface area contributed by atoms with Gasteiger partial charge in [-0.25, -0.2) is 9.97 Å². The lowest BCUT2D eigenvalue weighted by Gasteiger charge is -2.24. The lowest BCUT2D eigenvalue weighted by molar-refractivity contribution is 0.0983. The van der Waals surface area contributed by atoms with Crippen LogP contribution in [0.2, 0.25) is 0 Å². The predicted octanol–water partition coefficient (Wildman–Crippen LogP) is 4.20. The molecule has 3 rings (SSSR count). The molecule has 0 spiro atoms. The third-order valence-electron chi connectivity index (χ3n) is 4.64. The molecule has 0 radical (unpaired) electrons. The Kier molecular flexibility index (Phi) is 5.64.